The first-order valence-electron chi connectivity index (χ1n) is 7.72. The summed E-state index contributed by atoms with van der Waals surface area (Å²) in [6, 6.07) is -0.0967. The van der Waals surface area contributed by atoms with E-state index in [1.54, 1.807) is 16.3 Å². The Labute approximate surface area is 143 Å². The van der Waals surface area contributed by atoms with Crippen LogP contribution in [0, 0.1) is 0 Å². The molecule has 0 radical (unpaired) electrons. The van der Waals surface area contributed by atoms with E-state index in [0.717, 1.165) is 12.2 Å². The molecule has 1 unspecified atom stereocenters. The van der Waals surface area contributed by atoms with Crippen LogP contribution in [0.3, 0.4) is 0 Å². The van der Waals surface area contributed by atoms with E-state index in [-0.39, 0.29) is 11.9 Å². The number of aliphatic hydroxyl groups excluding tert-OH is 2. The number of nitrogen functional groups attached to an aromatic ring is 1. The summed E-state index contributed by atoms with van der Waals surface area (Å²) in [6.07, 6.45) is 2.66. The highest BCUT2D eigenvalue weighted by atomic mass is 32.2. The summed E-state index contributed by atoms with van der Waals surface area (Å²) in [7, 11) is 0. The van der Waals surface area contributed by atoms with Crippen LogP contribution >= 0.6 is 11.8 Å². The van der Waals surface area contributed by atoms with Crippen LogP contribution in [-0.2, 0) is 4.74 Å². The first kappa shape index (κ1) is 17.4. The van der Waals surface area contributed by atoms with Crippen molar-refractivity contribution in [3.05, 3.63) is 12.7 Å². The predicted molar refractivity (Wildman–Crippen MR) is 91.3 cm³/mol. The second kappa shape index (κ2) is 7.19. The van der Waals surface area contributed by atoms with Gasteiger partial charge in [0.15, 0.2) is 17.7 Å². The number of hydrogen-bond donors (Lipinski definition) is 4. The highest BCUT2D eigenvalue weighted by molar-refractivity contribution is 7.98. The van der Waals surface area contributed by atoms with Crippen LogP contribution in [0.4, 0.5) is 5.82 Å². The highest BCUT2D eigenvalue weighted by Crippen LogP contribution is 2.33. The predicted octanol–water partition coefficient (Wildman–Crippen LogP) is -0.502. The maximum absolute atomic E-state index is 10.4. The third-order valence-electron chi connectivity index (χ3n) is 4.23. The molecule has 6 N–H and O–H groups in total. The molecule has 3 heterocycles. The lowest BCUT2D eigenvalue weighted by atomic mass is 10.0. The van der Waals surface area contributed by atoms with Gasteiger partial charge in [-0.1, -0.05) is 0 Å². The Bertz CT molecular complexity index is 698. The summed E-state index contributed by atoms with van der Waals surface area (Å²) in [6.45, 7) is 0. The van der Waals surface area contributed by atoms with E-state index in [4.69, 9.17) is 16.2 Å². The molecule has 24 heavy (non-hydrogen) atoms. The molecule has 3 rings (SSSR count). The van der Waals surface area contributed by atoms with Crippen molar-refractivity contribution < 1.29 is 14.9 Å². The summed E-state index contributed by atoms with van der Waals surface area (Å²) in [4.78, 5) is 12.2. The van der Waals surface area contributed by atoms with Gasteiger partial charge in [-0.2, -0.15) is 11.8 Å². The van der Waals surface area contributed by atoms with Gasteiger partial charge in [-0.25, -0.2) is 15.0 Å². The van der Waals surface area contributed by atoms with Crippen molar-refractivity contribution in [3.63, 3.8) is 0 Å². The third kappa shape index (κ3) is 3.20. The molecule has 1 saturated heterocycles. The zero-order valence-electron chi connectivity index (χ0n) is 13.3. The van der Waals surface area contributed by atoms with Gasteiger partial charge in [-0.15, -0.1) is 0 Å². The van der Waals surface area contributed by atoms with Crippen molar-refractivity contribution in [2.75, 3.05) is 17.7 Å². The number of ether oxygens (including phenoxy) is 1. The molecule has 9 nitrogen and oxygen atoms in total. The van der Waals surface area contributed by atoms with Crippen molar-refractivity contribution in [3.8, 4) is 0 Å². The maximum atomic E-state index is 10.4. The van der Waals surface area contributed by atoms with E-state index in [2.05, 4.69) is 15.0 Å². The molecule has 1 aliphatic rings. The number of rotatable bonds is 6. The van der Waals surface area contributed by atoms with Crippen molar-refractivity contribution in [2.45, 2.75) is 43.4 Å². The zero-order chi connectivity index (χ0) is 17.3. The molecule has 0 saturated carbocycles. The molecule has 1 fully saturated rings. The molecular weight excluding hydrogens is 332 g/mol. The molecule has 0 aromatic carbocycles. The van der Waals surface area contributed by atoms with Crippen molar-refractivity contribution in [1.82, 2.24) is 19.5 Å². The van der Waals surface area contributed by atoms with E-state index in [1.807, 2.05) is 6.26 Å². The Morgan fingerprint density at radius 3 is 2.88 bits per heavy atom. The quantitative estimate of drug-likeness (QED) is 0.539. The number of aromatic nitrogens is 4. The Hall–Kier alpha value is -1.46. The lowest BCUT2D eigenvalue weighted by Gasteiger charge is -2.19. The second-order valence-electron chi connectivity index (χ2n) is 5.91. The van der Waals surface area contributed by atoms with E-state index in [0.29, 0.717) is 17.6 Å². The van der Waals surface area contributed by atoms with Crippen LogP contribution < -0.4 is 11.5 Å². The largest absolute Gasteiger partial charge is 0.388 e. The summed E-state index contributed by atoms with van der Waals surface area (Å²) in [5, 5.41) is 20.7. The Balaban J connectivity index is 1.78. The minimum atomic E-state index is -1.10. The monoisotopic (exact) mass is 354 g/mol. The number of hydrogen-bond acceptors (Lipinski definition) is 9. The van der Waals surface area contributed by atoms with Crippen molar-refractivity contribution >= 4 is 28.7 Å². The maximum Gasteiger partial charge on any atom is 0.167 e. The Morgan fingerprint density at radius 2 is 2.12 bits per heavy atom. The fourth-order valence-corrected chi connectivity index (χ4v) is 3.43. The van der Waals surface area contributed by atoms with Gasteiger partial charge in [0.1, 0.15) is 24.1 Å². The average Bonchev–Trinajstić information content (AvgIpc) is 3.10. The van der Waals surface area contributed by atoms with Crippen LogP contribution in [0.2, 0.25) is 0 Å². The molecule has 5 atom stereocenters. The van der Waals surface area contributed by atoms with Crippen LogP contribution in [-0.4, -0.2) is 66.1 Å². The lowest BCUT2D eigenvalue weighted by molar-refractivity contribution is -0.0385. The summed E-state index contributed by atoms with van der Waals surface area (Å²) >= 11 is 1.72. The fraction of sp³-hybridized carbons (Fsp3) is 0.643. The minimum Gasteiger partial charge on any atom is -0.388 e. The molecule has 0 aliphatic carbocycles. The molecule has 2 aromatic heterocycles. The van der Waals surface area contributed by atoms with Crippen molar-refractivity contribution in [2.24, 2.45) is 5.73 Å². The second-order valence-corrected chi connectivity index (χ2v) is 6.89. The molecule has 10 heteroatoms. The topological polar surface area (TPSA) is 145 Å². The third-order valence-corrected chi connectivity index (χ3v) is 4.87. The van der Waals surface area contributed by atoms with Crippen LogP contribution in [0.15, 0.2) is 12.7 Å². The van der Waals surface area contributed by atoms with E-state index in [1.165, 1.54) is 12.7 Å². The molecule has 0 spiro atoms. The number of thioether (sulfide) groups is 1. The Kier molecular flexibility index (Phi) is 5.21. The normalized spacial score (nSPS) is 28.5. The summed E-state index contributed by atoms with van der Waals surface area (Å²) in [5.74, 6) is 1.20. The van der Waals surface area contributed by atoms with E-state index >= 15 is 0 Å². The van der Waals surface area contributed by atoms with E-state index in [9.17, 15) is 10.2 Å². The van der Waals surface area contributed by atoms with Crippen LogP contribution in [0.5, 0.6) is 0 Å². The average molecular weight is 354 g/mol. The van der Waals surface area contributed by atoms with Crippen LogP contribution in [0.25, 0.3) is 11.2 Å². The number of imidazole rings is 1. The number of anilines is 1. The standard InChI is InChI=1S/C14H22N6O3S/c1-24-3-2-7(15)4-8-10(21)11(22)14(23-8)20-6-19-9-12(16)17-5-18-13(9)20/h5-8,10-11,14,21-22H,2-4,15H2,1H3,(H2,16,17,18)/t7?,8-,10-,11-,14-/m1/s1. The number of fused-ring (bicyclic) bond motifs is 1. The molecule has 0 amide bonds. The van der Waals surface area contributed by atoms with Gasteiger partial charge >= 0.3 is 0 Å². The fourth-order valence-electron chi connectivity index (χ4n) is 2.90. The summed E-state index contributed by atoms with van der Waals surface area (Å²) in [5.41, 5.74) is 12.7. The molecule has 132 valence electrons. The van der Waals surface area contributed by atoms with Gasteiger partial charge in [0.25, 0.3) is 0 Å². The minimum absolute atomic E-state index is 0.0967. The first-order chi connectivity index (χ1) is 11.5. The van der Waals surface area contributed by atoms with Gasteiger partial charge < -0.3 is 26.4 Å². The zero-order valence-corrected chi connectivity index (χ0v) is 14.1. The number of nitrogens with two attached hydrogens (primary N) is 2. The first-order valence-corrected chi connectivity index (χ1v) is 9.11. The number of nitrogens with zero attached hydrogens (tertiary/aromatic N) is 4. The van der Waals surface area contributed by atoms with Gasteiger partial charge in [0.05, 0.1) is 12.4 Å². The lowest BCUT2D eigenvalue weighted by Crippen LogP contribution is -2.35. The van der Waals surface area contributed by atoms with Gasteiger partial charge in [-0.3, -0.25) is 4.57 Å². The van der Waals surface area contributed by atoms with Gasteiger partial charge in [0.2, 0.25) is 0 Å². The SMILES string of the molecule is CSCCC(N)C[C@H]1O[C@@H](n2cnc3c(N)ncnc32)[C@H](O)[C@@H]1O. The van der Waals surface area contributed by atoms with Crippen LogP contribution in [0.1, 0.15) is 19.1 Å². The van der Waals surface area contributed by atoms with E-state index < -0.39 is 24.5 Å². The molecule has 2 aromatic rings. The molecule has 1 aliphatic heterocycles. The summed E-state index contributed by atoms with van der Waals surface area (Å²) < 4.78 is 7.43. The van der Waals surface area contributed by atoms with Crippen molar-refractivity contribution in [1.29, 1.82) is 0 Å². The van der Waals surface area contributed by atoms with Gasteiger partial charge in [-0.05, 0) is 24.9 Å². The highest BCUT2D eigenvalue weighted by Gasteiger charge is 2.44. The smallest absolute Gasteiger partial charge is 0.167 e. The number of aliphatic hydroxyl groups is 2. The molecular formula is C14H22N6O3S. The van der Waals surface area contributed by atoms with Gasteiger partial charge in [0, 0.05) is 6.04 Å². The Morgan fingerprint density at radius 1 is 1.33 bits per heavy atom. The molecule has 0 bridgehead atoms.